The molecule has 1 aliphatic heterocycles. The summed E-state index contributed by atoms with van der Waals surface area (Å²) in [5, 5.41) is 24.0. The normalized spacial score (nSPS) is 18.7. The van der Waals surface area contributed by atoms with Crippen LogP contribution in [-0.2, 0) is 28.5 Å². The Labute approximate surface area is 205 Å². The highest BCUT2D eigenvalue weighted by Crippen LogP contribution is 2.30. The first kappa shape index (κ1) is 27.4. The molecule has 1 heterocycles. The van der Waals surface area contributed by atoms with Crippen LogP contribution in [0.4, 0.5) is 0 Å². The molecule has 0 aliphatic carbocycles. The van der Waals surface area contributed by atoms with Crippen LogP contribution in [0.1, 0.15) is 43.5 Å². The number of amides is 2. The van der Waals surface area contributed by atoms with Gasteiger partial charge in [-0.3, -0.25) is 19.2 Å². The van der Waals surface area contributed by atoms with Crippen molar-refractivity contribution in [1.82, 2.24) is 10.6 Å². The second-order valence-corrected chi connectivity index (χ2v) is 8.98. The SMILES string of the molecule is CC(C)C[C@@H](NC(=O)CNC(=O)c1cc(Cl)ccc1Cl)B1OC(=O)C[C@](CC(=O)O)(C(=O)O)O1. The number of carboxylic acid groups (broad SMARTS) is 2. The molecule has 184 valence electrons. The maximum atomic E-state index is 12.5. The van der Waals surface area contributed by atoms with E-state index in [0.717, 1.165) is 0 Å². The third-order valence-electron chi connectivity index (χ3n) is 4.83. The van der Waals surface area contributed by atoms with Gasteiger partial charge in [-0.2, -0.15) is 0 Å². The van der Waals surface area contributed by atoms with E-state index in [1.807, 2.05) is 0 Å². The van der Waals surface area contributed by atoms with E-state index in [-0.39, 0.29) is 27.9 Å². The van der Waals surface area contributed by atoms with Crippen LogP contribution in [0.25, 0.3) is 0 Å². The van der Waals surface area contributed by atoms with Crippen molar-refractivity contribution < 1.29 is 43.5 Å². The Morgan fingerprint density at radius 3 is 2.47 bits per heavy atom. The summed E-state index contributed by atoms with van der Waals surface area (Å²) in [6, 6.07) is 4.26. The Balaban J connectivity index is 2.13. The monoisotopic (exact) mass is 516 g/mol. The van der Waals surface area contributed by atoms with E-state index in [2.05, 4.69) is 10.6 Å². The fourth-order valence-corrected chi connectivity index (χ4v) is 3.71. The Morgan fingerprint density at radius 2 is 1.88 bits per heavy atom. The van der Waals surface area contributed by atoms with Gasteiger partial charge in [0.05, 0.1) is 35.9 Å². The maximum absolute atomic E-state index is 12.5. The van der Waals surface area contributed by atoms with Crippen LogP contribution in [0.3, 0.4) is 0 Å². The van der Waals surface area contributed by atoms with Gasteiger partial charge in [0.25, 0.3) is 11.9 Å². The van der Waals surface area contributed by atoms with Gasteiger partial charge < -0.3 is 30.2 Å². The van der Waals surface area contributed by atoms with Crippen molar-refractivity contribution in [3.05, 3.63) is 33.8 Å². The summed E-state index contributed by atoms with van der Waals surface area (Å²) in [5.41, 5.74) is -2.28. The van der Waals surface area contributed by atoms with Gasteiger partial charge in [-0.25, -0.2) is 4.79 Å². The molecular weight excluding hydrogens is 494 g/mol. The lowest BCUT2D eigenvalue weighted by Gasteiger charge is -2.37. The minimum Gasteiger partial charge on any atom is -0.508 e. The number of hydrogen-bond donors (Lipinski definition) is 4. The highest BCUT2D eigenvalue weighted by atomic mass is 35.5. The summed E-state index contributed by atoms with van der Waals surface area (Å²) in [5.74, 6) is -6.54. The second-order valence-electron chi connectivity index (χ2n) is 8.13. The van der Waals surface area contributed by atoms with E-state index in [1.54, 1.807) is 13.8 Å². The van der Waals surface area contributed by atoms with Crippen LogP contribution in [0.5, 0.6) is 0 Å². The van der Waals surface area contributed by atoms with Crippen LogP contribution in [0.15, 0.2) is 18.2 Å². The molecule has 0 unspecified atom stereocenters. The Morgan fingerprint density at radius 1 is 1.21 bits per heavy atom. The van der Waals surface area contributed by atoms with Crippen molar-refractivity contribution in [2.45, 2.75) is 44.7 Å². The van der Waals surface area contributed by atoms with Gasteiger partial charge in [-0.1, -0.05) is 37.0 Å². The number of carbonyl (C=O) groups excluding carboxylic acids is 3. The highest BCUT2D eigenvalue weighted by Gasteiger charge is 2.54. The lowest BCUT2D eigenvalue weighted by Crippen LogP contribution is -2.61. The zero-order valence-corrected chi connectivity index (χ0v) is 19.8. The molecule has 0 aromatic heterocycles. The molecule has 0 spiro atoms. The molecule has 1 aromatic carbocycles. The number of aliphatic carboxylic acids is 2. The largest absolute Gasteiger partial charge is 0.552 e. The van der Waals surface area contributed by atoms with E-state index in [4.69, 9.17) is 37.6 Å². The Kier molecular flexibility index (Phi) is 9.31. The lowest BCUT2D eigenvalue weighted by molar-refractivity contribution is -0.175. The van der Waals surface area contributed by atoms with Crippen LogP contribution >= 0.6 is 23.2 Å². The number of benzene rings is 1. The van der Waals surface area contributed by atoms with Crippen molar-refractivity contribution >= 4 is 60.0 Å². The molecule has 1 aromatic rings. The second kappa shape index (κ2) is 11.5. The molecule has 2 atom stereocenters. The van der Waals surface area contributed by atoms with Gasteiger partial charge in [0.15, 0.2) is 5.60 Å². The first-order chi connectivity index (χ1) is 15.8. The van der Waals surface area contributed by atoms with Gasteiger partial charge in [0.2, 0.25) is 5.91 Å². The summed E-state index contributed by atoms with van der Waals surface area (Å²) in [7, 11) is -1.55. The summed E-state index contributed by atoms with van der Waals surface area (Å²) in [4.78, 5) is 60.0. The molecule has 11 nitrogen and oxygen atoms in total. The van der Waals surface area contributed by atoms with Gasteiger partial charge in [-0.05, 0) is 30.5 Å². The zero-order chi connectivity index (χ0) is 25.6. The van der Waals surface area contributed by atoms with Gasteiger partial charge in [0, 0.05) is 5.02 Å². The number of carbonyl (C=O) groups is 5. The van der Waals surface area contributed by atoms with E-state index < -0.39 is 67.8 Å². The van der Waals surface area contributed by atoms with Crippen molar-refractivity contribution in [2.24, 2.45) is 5.92 Å². The fourth-order valence-electron chi connectivity index (χ4n) is 3.34. The van der Waals surface area contributed by atoms with E-state index in [0.29, 0.717) is 0 Å². The van der Waals surface area contributed by atoms with Crippen molar-refractivity contribution in [1.29, 1.82) is 0 Å². The molecule has 2 amide bonds. The minimum atomic E-state index is -2.34. The predicted octanol–water partition coefficient (Wildman–Crippen LogP) is 1.54. The molecule has 1 aliphatic rings. The van der Waals surface area contributed by atoms with E-state index in [9.17, 15) is 29.1 Å². The average Bonchev–Trinajstić information content (AvgIpc) is 2.71. The third-order valence-corrected chi connectivity index (χ3v) is 5.39. The summed E-state index contributed by atoms with van der Waals surface area (Å²) in [6.07, 6.45) is -1.59. The summed E-state index contributed by atoms with van der Waals surface area (Å²) >= 11 is 11.8. The smallest absolute Gasteiger partial charge is 0.508 e. The van der Waals surface area contributed by atoms with Crippen molar-refractivity contribution in [3.63, 3.8) is 0 Å². The lowest BCUT2D eigenvalue weighted by atomic mass is 9.70. The van der Waals surface area contributed by atoms with Crippen LogP contribution in [0.2, 0.25) is 10.0 Å². The van der Waals surface area contributed by atoms with Gasteiger partial charge >= 0.3 is 19.1 Å². The zero-order valence-electron chi connectivity index (χ0n) is 18.3. The Hall–Kier alpha value is -2.83. The van der Waals surface area contributed by atoms with Gasteiger partial charge in [-0.15, -0.1) is 0 Å². The van der Waals surface area contributed by atoms with Crippen molar-refractivity contribution in [3.8, 4) is 0 Å². The molecule has 1 saturated heterocycles. The van der Waals surface area contributed by atoms with Crippen LogP contribution < -0.4 is 10.6 Å². The molecule has 0 saturated carbocycles. The summed E-state index contributed by atoms with van der Waals surface area (Å²) in [6.45, 7) is 3.11. The summed E-state index contributed by atoms with van der Waals surface area (Å²) < 4.78 is 10.6. The molecule has 4 N–H and O–H groups in total. The topological polar surface area (TPSA) is 168 Å². The molecular formula is C20H23BCl2N2O9. The standard InChI is InChI=1S/C20H23BCl2N2O9/c1-10(2)5-14(21-33-17(29)8-20(34-21,19(31)32)7-16(27)28)25-15(26)9-24-18(30)12-6-11(22)3-4-13(12)23/h3-4,6,10,14H,5,7-9H2,1-2H3,(H,24,30)(H,25,26)(H,27,28)(H,31,32)/t14-,20-/m1/s1. The van der Waals surface area contributed by atoms with Crippen LogP contribution in [-0.4, -0.2) is 65.1 Å². The predicted molar refractivity (Wildman–Crippen MR) is 120 cm³/mol. The molecule has 0 radical (unpaired) electrons. The maximum Gasteiger partial charge on any atom is 0.552 e. The quantitative estimate of drug-likeness (QED) is 0.337. The van der Waals surface area contributed by atoms with E-state index in [1.165, 1.54) is 18.2 Å². The van der Waals surface area contributed by atoms with E-state index >= 15 is 0 Å². The molecule has 34 heavy (non-hydrogen) atoms. The molecule has 2 rings (SSSR count). The first-order valence-corrected chi connectivity index (χ1v) is 10.9. The van der Waals surface area contributed by atoms with Gasteiger partial charge in [0.1, 0.15) is 0 Å². The first-order valence-electron chi connectivity index (χ1n) is 10.2. The van der Waals surface area contributed by atoms with Crippen molar-refractivity contribution in [2.75, 3.05) is 6.54 Å². The third kappa shape index (κ3) is 7.34. The highest BCUT2D eigenvalue weighted by molar-refractivity contribution is 6.50. The number of carboxylic acids is 2. The molecule has 14 heteroatoms. The number of hydrogen-bond acceptors (Lipinski definition) is 7. The molecule has 0 bridgehead atoms. The number of halogens is 2. The Bertz CT molecular complexity index is 987. The number of nitrogens with one attached hydrogen (secondary N) is 2. The fraction of sp³-hybridized carbons (Fsp3) is 0.450. The van der Waals surface area contributed by atoms with Crippen LogP contribution in [0, 0.1) is 5.92 Å². The average molecular weight is 517 g/mol. The number of rotatable bonds is 10. The minimum absolute atomic E-state index is 0.0603. The molecule has 1 fully saturated rings.